The summed E-state index contributed by atoms with van der Waals surface area (Å²) in [4.78, 5) is 55.4. The van der Waals surface area contributed by atoms with E-state index >= 15 is 0 Å². The number of carbonyl (C=O) groups is 4. The third-order valence-electron chi connectivity index (χ3n) is 9.16. The number of carboxylic acid groups (broad SMARTS) is 2. The third-order valence-corrected chi connectivity index (χ3v) is 9.16. The maximum atomic E-state index is 13.6. The lowest BCUT2D eigenvalue weighted by atomic mass is 10.1. The minimum absolute atomic E-state index is 0.0181. The maximum absolute atomic E-state index is 13.6. The van der Waals surface area contributed by atoms with Gasteiger partial charge in [0.25, 0.3) is 11.8 Å². The molecule has 0 unspecified atom stereocenters. The molecule has 3 aromatic carbocycles. The van der Waals surface area contributed by atoms with Crippen molar-refractivity contribution in [2.75, 3.05) is 44.7 Å². The van der Waals surface area contributed by atoms with Crippen molar-refractivity contribution in [3.05, 3.63) is 126 Å². The smallest absolute Gasteiger partial charge is 0.416 e. The second-order valence-corrected chi connectivity index (χ2v) is 13.3. The number of anilines is 1. The number of amides is 2. The Labute approximate surface area is 332 Å². The number of hydrogen-bond acceptors (Lipinski definition) is 8. The fraction of sp³-hybridized carbons (Fsp3) is 0.262. The van der Waals surface area contributed by atoms with Gasteiger partial charge in [0, 0.05) is 81.5 Å². The number of fused-ring (bicyclic) bond motifs is 1. The van der Waals surface area contributed by atoms with Crippen LogP contribution in [0.25, 0.3) is 10.9 Å². The molecule has 0 bridgehead atoms. The Hall–Kier alpha value is -6.68. The normalized spacial score (nSPS) is 13.2. The van der Waals surface area contributed by atoms with Crippen molar-refractivity contribution in [3.63, 3.8) is 0 Å². The highest BCUT2D eigenvalue weighted by Crippen LogP contribution is 2.31. The molecule has 58 heavy (non-hydrogen) atoms. The lowest BCUT2D eigenvalue weighted by Gasteiger charge is -2.34. The zero-order chi connectivity index (χ0) is 42.0. The fourth-order valence-electron chi connectivity index (χ4n) is 6.04. The van der Waals surface area contributed by atoms with Crippen molar-refractivity contribution in [2.45, 2.75) is 26.1 Å². The van der Waals surface area contributed by atoms with Crippen LogP contribution in [-0.4, -0.2) is 93.2 Å². The minimum Gasteiger partial charge on any atom is -0.494 e. The van der Waals surface area contributed by atoms with Gasteiger partial charge in [0.15, 0.2) is 0 Å². The number of piperazine rings is 1. The summed E-state index contributed by atoms with van der Waals surface area (Å²) in [6.07, 6.45) is -0.938. The molecule has 1 saturated heterocycles. The van der Waals surface area contributed by atoms with Crippen LogP contribution in [0.2, 0.25) is 0 Å². The van der Waals surface area contributed by atoms with Crippen LogP contribution in [0.3, 0.4) is 0 Å². The Bertz CT molecular complexity index is 2230. The lowest BCUT2D eigenvalue weighted by molar-refractivity contribution is -0.137. The monoisotopic (exact) mass is 801 g/mol. The topological polar surface area (TPSA) is 155 Å². The Morgan fingerprint density at radius 3 is 2.05 bits per heavy atom. The van der Waals surface area contributed by atoms with Gasteiger partial charge >= 0.3 is 18.1 Å². The zero-order valence-electron chi connectivity index (χ0n) is 32.0. The number of carboxylic acids is 2. The molecular formula is C42H42F3N5O8. The number of aromatic nitrogens is 2. The van der Waals surface area contributed by atoms with E-state index in [9.17, 15) is 32.3 Å². The zero-order valence-corrected chi connectivity index (χ0v) is 32.0. The Morgan fingerprint density at radius 1 is 0.845 bits per heavy atom. The molecule has 13 nitrogen and oxygen atoms in total. The summed E-state index contributed by atoms with van der Waals surface area (Å²) in [7, 11) is 3.40. The lowest BCUT2D eigenvalue weighted by Crippen LogP contribution is -2.48. The number of ether oxygens (including phenoxy) is 2. The highest BCUT2D eigenvalue weighted by molar-refractivity contribution is 6.05. The number of aryl methyl sites for hydroxylation is 1. The van der Waals surface area contributed by atoms with Gasteiger partial charge in [0.1, 0.15) is 17.2 Å². The van der Waals surface area contributed by atoms with Crippen LogP contribution in [-0.2, 0) is 29.4 Å². The van der Waals surface area contributed by atoms with E-state index in [-0.39, 0.29) is 17.4 Å². The average molecular weight is 802 g/mol. The molecule has 1 aliphatic rings. The summed E-state index contributed by atoms with van der Waals surface area (Å²) in [5.41, 5.74) is 2.43. The van der Waals surface area contributed by atoms with E-state index in [1.807, 2.05) is 46.8 Å². The van der Waals surface area contributed by atoms with E-state index in [1.54, 1.807) is 18.2 Å². The van der Waals surface area contributed by atoms with Gasteiger partial charge < -0.3 is 34.1 Å². The second kappa shape index (κ2) is 19.0. The average Bonchev–Trinajstić information content (AvgIpc) is 3.54. The SMILES string of the molecule is CCCOc1ccc(CN2CCN(C(=O)c3cc4cc(Oc5ccc(N(C)C(=O)c6ccc(C(F)(F)F)cc6)cn5)ccc4n3C)CC2)cc1.O=C(O)C=CC(=O)O. The van der Waals surface area contributed by atoms with E-state index in [0.29, 0.717) is 49.0 Å². The predicted octanol–water partition coefficient (Wildman–Crippen LogP) is 7.12. The van der Waals surface area contributed by atoms with Crippen LogP contribution >= 0.6 is 0 Å². The van der Waals surface area contributed by atoms with Gasteiger partial charge in [0.2, 0.25) is 5.88 Å². The molecule has 0 aliphatic carbocycles. The van der Waals surface area contributed by atoms with Crippen molar-refractivity contribution in [1.29, 1.82) is 0 Å². The van der Waals surface area contributed by atoms with Crippen LogP contribution < -0.4 is 14.4 Å². The molecule has 2 amide bonds. The highest BCUT2D eigenvalue weighted by atomic mass is 19.4. The number of nitrogens with zero attached hydrogens (tertiary/aromatic N) is 5. The first-order valence-corrected chi connectivity index (χ1v) is 18.2. The molecule has 5 aromatic rings. The van der Waals surface area contributed by atoms with Crippen LogP contribution in [0, 0.1) is 0 Å². The molecule has 1 aliphatic heterocycles. The Balaban J connectivity index is 0.000000725. The summed E-state index contributed by atoms with van der Waals surface area (Å²) in [5, 5.41) is 16.5. The molecule has 2 aromatic heterocycles. The van der Waals surface area contributed by atoms with Crippen LogP contribution in [0.4, 0.5) is 18.9 Å². The van der Waals surface area contributed by atoms with Gasteiger partial charge in [0.05, 0.1) is 24.1 Å². The minimum atomic E-state index is -4.48. The largest absolute Gasteiger partial charge is 0.494 e. The van der Waals surface area contributed by atoms with Gasteiger partial charge in [-0.15, -0.1) is 0 Å². The van der Waals surface area contributed by atoms with Gasteiger partial charge in [-0.25, -0.2) is 14.6 Å². The number of carbonyl (C=O) groups excluding carboxylic acids is 2. The predicted molar refractivity (Wildman–Crippen MR) is 209 cm³/mol. The van der Waals surface area contributed by atoms with Gasteiger partial charge in [-0.1, -0.05) is 19.1 Å². The van der Waals surface area contributed by atoms with E-state index in [4.69, 9.17) is 19.7 Å². The first kappa shape index (κ1) is 42.5. The third kappa shape index (κ3) is 11.2. The van der Waals surface area contributed by atoms with Crippen molar-refractivity contribution >= 4 is 40.3 Å². The summed E-state index contributed by atoms with van der Waals surface area (Å²) < 4.78 is 52.2. The summed E-state index contributed by atoms with van der Waals surface area (Å²) >= 11 is 0. The molecular weight excluding hydrogens is 759 g/mol. The van der Waals surface area contributed by atoms with Gasteiger partial charge in [-0.05, 0) is 78.7 Å². The number of benzene rings is 3. The Morgan fingerprint density at radius 2 is 1.48 bits per heavy atom. The maximum Gasteiger partial charge on any atom is 0.416 e. The molecule has 1 fully saturated rings. The summed E-state index contributed by atoms with van der Waals surface area (Å²) in [6, 6.07) is 22.9. The van der Waals surface area contributed by atoms with Crippen LogP contribution in [0.1, 0.15) is 45.3 Å². The molecule has 0 spiro atoms. The van der Waals surface area contributed by atoms with Crippen molar-refractivity contribution < 1.29 is 52.0 Å². The molecule has 2 N–H and O–H groups in total. The summed E-state index contributed by atoms with van der Waals surface area (Å²) in [5.74, 6) is -1.32. The number of pyridine rings is 1. The van der Waals surface area contributed by atoms with E-state index in [1.165, 1.54) is 23.7 Å². The molecule has 0 saturated carbocycles. The fourth-order valence-corrected chi connectivity index (χ4v) is 6.04. The van der Waals surface area contributed by atoms with Crippen molar-refractivity contribution in [1.82, 2.24) is 19.4 Å². The number of aliphatic carboxylic acids is 2. The van der Waals surface area contributed by atoms with E-state index in [0.717, 1.165) is 67.0 Å². The van der Waals surface area contributed by atoms with Crippen LogP contribution in [0.15, 0.2) is 103 Å². The number of halogens is 3. The number of rotatable bonds is 12. The molecule has 16 heteroatoms. The molecule has 6 rings (SSSR count). The highest BCUT2D eigenvalue weighted by Gasteiger charge is 2.30. The first-order valence-electron chi connectivity index (χ1n) is 18.2. The second-order valence-electron chi connectivity index (χ2n) is 13.3. The van der Waals surface area contributed by atoms with Crippen molar-refractivity contribution in [3.8, 4) is 17.4 Å². The molecule has 0 atom stereocenters. The van der Waals surface area contributed by atoms with E-state index in [2.05, 4.69) is 28.9 Å². The van der Waals surface area contributed by atoms with Gasteiger partial charge in [-0.2, -0.15) is 13.2 Å². The first-order chi connectivity index (χ1) is 27.6. The van der Waals surface area contributed by atoms with Gasteiger partial charge in [-0.3, -0.25) is 14.5 Å². The van der Waals surface area contributed by atoms with Crippen LogP contribution in [0.5, 0.6) is 17.4 Å². The number of hydrogen-bond donors (Lipinski definition) is 2. The van der Waals surface area contributed by atoms with Crippen molar-refractivity contribution in [2.24, 2.45) is 7.05 Å². The molecule has 304 valence electrons. The molecule has 3 heterocycles. The quantitative estimate of drug-likeness (QED) is 0.125. The number of alkyl halides is 3. The summed E-state index contributed by atoms with van der Waals surface area (Å²) in [6.45, 7) is 6.46. The van der Waals surface area contributed by atoms with E-state index < -0.39 is 29.6 Å². The standard InChI is InChI=1S/C38H38F3N5O4.C4H4O4/c1-4-21-49-31-12-5-26(6-13-31)25-45-17-19-46(20-18-45)37(48)34-23-28-22-32(14-15-33(28)44(34)3)50-35-16-11-30(24-42-35)43(2)36(47)27-7-9-29(10-8-27)38(39,40)41;5-3(6)1-2-4(7)8/h5-16,22-24H,4,17-21,25H2,1-3H3;1-2H,(H,5,6)(H,7,8). The molecule has 0 radical (unpaired) electrons. The Kier molecular flexibility index (Phi) is 13.9.